The second kappa shape index (κ2) is 10.1. The summed E-state index contributed by atoms with van der Waals surface area (Å²) >= 11 is 1.56. The number of rotatable bonds is 10. The molecule has 0 spiro atoms. The number of thioether (sulfide) groups is 1. The van der Waals surface area contributed by atoms with Gasteiger partial charge in [-0.05, 0) is 48.7 Å². The van der Waals surface area contributed by atoms with Crippen molar-refractivity contribution in [1.29, 1.82) is 0 Å². The number of aryl methyl sites for hydroxylation is 1. The predicted molar refractivity (Wildman–Crippen MR) is 116 cm³/mol. The van der Waals surface area contributed by atoms with E-state index < -0.39 is 11.9 Å². The first-order valence-corrected chi connectivity index (χ1v) is 10.7. The molecule has 0 aliphatic heterocycles. The van der Waals surface area contributed by atoms with Gasteiger partial charge in [-0.1, -0.05) is 31.5 Å². The molecule has 0 amide bonds. The van der Waals surface area contributed by atoms with Crippen LogP contribution in [0.3, 0.4) is 0 Å². The average molecular weight is 425 g/mol. The molecule has 1 atom stereocenters. The normalized spacial score (nSPS) is 11.9. The molecule has 0 saturated heterocycles. The summed E-state index contributed by atoms with van der Waals surface area (Å²) in [5.74, 6) is -0.966. The van der Waals surface area contributed by atoms with Crippen molar-refractivity contribution < 1.29 is 19.8 Å². The zero-order valence-corrected chi connectivity index (χ0v) is 17.5. The highest BCUT2D eigenvalue weighted by molar-refractivity contribution is 7.99. The van der Waals surface area contributed by atoms with E-state index in [1.54, 1.807) is 42.1 Å². The minimum absolute atomic E-state index is 0.0207. The van der Waals surface area contributed by atoms with E-state index in [1.807, 2.05) is 24.4 Å². The van der Waals surface area contributed by atoms with Crippen molar-refractivity contribution in [2.24, 2.45) is 0 Å². The smallest absolute Gasteiger partial charge is 0.335 e. The lowest BCUT2D eigenvalue weighted by atomic mass is 10.1. The zero-order chi connectivity index (χ0) is 21.5. The number of carboxylic acid groups (broad SMARTS) is 2. The summed E-state index contributed by atoms with van der Waals surface area (Å²) in [6.45, 7) is 2.14. The molecule has 1 aromatic heterocycles. The molecule has 0 saturated carbocycles. The van der Waals surface area contributed by atoms with Crippen molar-refractivity contribution in [3.63, 3.8) is 0 Å². The molecule has 156 valence electrons. The largest absolute Gasteiger partial charge is 0.478 e. The number of H-pyrrole nitrogens is 1. The van der Waals surface area contributed by atoms with E-state index in [2.05, 4.69) is 16.9 Å². The highest BCUT2D eigenvalue weighted by Gasteiger charge is 2.18. The van der Waals surface area contributed by atoms with Crippen LogP contribution in [0.15, 0.2) is 59.6 Å². The molecule has 0 radical (unpaired) electrons. The van der Waals surface area contributed by atoms with E-state index in [0.717, 1.165) is 41.2 Å². The Morgan fingerprint density at radius 3 is 2.47 bits per heavy atom. The van der Waals surface area contributed by atoms with Crippen LogP contribution in [0.5, 0.6) is 0 Å². The Labute approximate surface area is 179 Å². The molecular formula is C23H24N2O4S. The quantitative estimate of drug-likeness (QED) is 0.385. The Hall–Kier alpha value is -3.06. The molecule has 0 fully saturated rings. The van der Waals surface area contributed by atoms with Gasteiger partial charge in [-0.3, -0.25) is 0 Å². The fourth-order valence-electron chi connectivity index (χ4n) is 3.09. The fraction of sp³-hybridized carbons (Fsp3) is 0.261. The summed E-state index contributed by atoms with van der Waals surface area (Å²) in [5.41, 5.74) is 2.46. The van der Waals surface area contributed by atoms with Crippen LogP contribution >= 0.6 is 11.8 Å². The van der Waals surface area contributed by atoms with Crippen molar-refractivity contribution >= 4 is 23.7 Å². The number of aromatic nitrogens is 2. The summed E-state index contributed by atoms with van der Waals surface area (Å²) in [7, 11) is 0. The monoisotopic (exact) mass is 424 g/mol. The van der Waals surface area contributed by atoms with E-state index in [1.165, 1.54) is 0 Å². The van der Waals surface area contributed by atoms with Crippen LogP contribution in [-0.4, -0.2) is 32.1 Å². The summed E-state index contributed by atoms with van der Waals surface area (Å²) in [6, 6.07) is 13.7. The van der Waals surface area contributed by atoms with Crippen LogP contribution in [0, 0.1) is 0 Å². The Balaban J connectivity index is 1.86. The number of carbonyl (C=O) groups is 2. The van der Waals surface area contributed by atoms with E-state index in [-0.39, 0.29) is 16.4 Å². The minimum Gasteiger partial charge on any atom is -0.478 e. The van der Waals surface area contributed by atoms with Crippen molar-refractivity contribution in [2.45, 2.75) is 42.8 Å². The van der Waals surface area contributed by atoms with Gasteiger partial charge < -0.3 is 15.2 Å². The number of nitrogens with one attached hydrogen (secondary N) is 1. The topological polar surface area (TPSA) is 103 Å². The lowest BCUT2D eigenvalue weighted by Crippen LogP contribution is -2.02. The molecule has 3 aromatic rings. The van der Waals surface area contributed by atoms with E-state index in [9.17, 15) is 14.7 Å². The molecule has 3 rings (SSSR count). The summed E-state index contributed by atoms with van der Waals surface area (Å²) < 4.78 is 0. The maximum Gasteiger partial charge on any atom is 0.335 e. The van der Waals surface area contributed by atoms with Crippen molar-refractivity contribution in [2.75, 3.05) is 0 Å². The third-order valence-electron chi connectivity index (χ3n) is 4.74. The summed E-state index contributed by atoms with van der Waals surface area (Å²) in [5, 5.41) is 18.4. The number of hydrogen-bond donors (Lipinski definition) is 3. The standard InChI is InChI=1S/C23H24N2O4S/c1-2-3-7-21-24-14-19(25-21)20(12-15-8-10-16(11-9-15)22(26)27)30-18-6-4-5-17(13-18)23(28)29/h4-6,8-11,13-14,20H,2-3,7,12H2,1H3,(H,24,25)(H,26,27)(H,28,29)/t20-/m1/s1. The van der Waals surface area contributed by atoms with E-state index in [4.69, 9.17) is 5.11 Å². The number of aromatic carboxylic acids is 2. The number of carboxylic acids is 2. The van der Waals surface area contributed by atoms with Crippen LogP contribution in [0.25, 0.3) is 0 Å². The highest BCUT2D eigenvalue weighted by Crippen LogP contribution is 2.37. The first-order valence-electron chi connectivity index (χ1n) is 9.82. The maximum absolute atomic E-state index is 11.3. The van der Waals surface area contributed by atoms with E-state index in [0.29, 0.717) is 6.42 Å². The zero-order valence-electron chi connectivity index (χ0n) is 16.7. The Kier molecular flexibility index (Phi) is 7.30. The number of imidazole rings is 1. The van der Waals surface area contributed by atoms with Gasteiger partial charge in [-0.25, -0.2) is 14.6 Å². The summed E-state index contributed by atoms with van der Waals surface area (Å²) in [4.78, 5) is 31.2. The summed E-state index contributed by atoms with van der Waals surface area (Å²) in [6.07, 6.45) is 5.52. The van der Waals surface area contributed by atoms with Gasteiger partial charge in [0, 0.05) is 23.2 Å². The Morgan fingerprint density at radius 1 is 1.07 bits per heavy atom. The van der Waals surface area contributed by atoms with Gasteiger partial charge in [0.25, 0.3) is 0 Å². The molecule has 7 heteroatoms. The molecule has 6 nitrogen and oxygen atoms in total. The van der Waals surface area contributed by atoms with Gasteiger partial charge in [0.15, 0.2) is 0 Å². The highest BCUT2D eigenvalue weighted by atomic mass is 32.2. The Morgan fingerprint density at radius 2 is 1.80 bits per heavy atom. The molecule has 0 aliphatic carbocycles. The van der Waals surface area contributed by atoms with Crippen molar-refractivity contribution in [3.05, 3.63) is 82.9 Å². The van der Waals surface area contributed by atoms with Crippen LogP contribution in [0.2, 0.25) is 0 Å². The lowest BCUT2D eigenvalue weighted by Gasteiger charge is -2.16. The molecule has 0 aliphatic rings. The van der Waals surface area contributed by atoms with Crippen molar-refractivity contribution in [3.8, 4) is 0 Å². The molecule has 30 heavy (non-hydrogen) atoms. The molecule has 0 bridgehead atoms. The Bertz CT molecular complexity index is 1010. The van der Waals surface area contributed by atoms with Gasteiger partial charge >= 0.3 is 11.9 Å². The van der Waals surface area contributed by atoms with Crippen LogP contribution in [0.1, 0.15) is 62.8 Å². The number of benzene rings is 2. The SMILES string of the molecule is CCCCc1ncc([C@@H](Cc2ccc(C(=O)O)cc2)Sc2cccc(C(=O)O)c2)[nH]1. The lowest BCUT2D eigenvalue weighted by molar-refractivity contribution is 0.0686. The van der Waals surface area contributed by atoms with Crippen molar-refractivity contribution in [1.82, 2.24) is 9.97 Å². The van der Waals surface area contributed by atoms with Gasteiger partial charge in [0.1, 0.15) is 5.82 Å². The third kappa shape index (κ3) is 5.73. The number of aromatic amines is 1. The molecule has 3 N–H and O–H groups in total. The molecular weight excluding hydrogens is 400 g/mol. The minimum atomic E-state index is -0.957. The van der Waals surface area contributed by atoms with Crippen LogP contribution < -0.4 is 0 Å². The van der Waals surface area contributed by atoms with Gasteiger partial charge in [-0.2, -0.15) is 0 Å². The second-order valence-electron chi connectivity index (χ2n) is 7.03. The first-order chi connectivity index (χ1) is 14.5. The van der Waals surface area contributed by atoms with Crippen LogP contribution in [-0.2, 0) is 12.8 Å². The number of unbranched alkanes of at least 4 members (excludes halogenated alkanes) is 1. The average Bonchev–Trinajstić information content (AvgIpc) is 3.21. The number of hydrogen-bond acceptors (Lipinski definition) is 4. The third-order valence-corrected chi connectivity index (χ3v) is 5.97. The van der Waals surface area contributed by atoms with E-state index >= 15 is 0 Å². The van der Waals surface area contributed by atoms with Gasteiger partial charge in [-0.15, -0.1) is 11.8 Å². The predicted octanol–water partition coefficient (Wildman–Crippen LogP) is 5.22. The van der Waals surface area contributed by atoms with Gasteiger partial charge in [0.05, 0.1) is 16.4 Å². The molecule has 1 heterocycles. The second-order valence-corrected chi connectivity index (χ2v) is 8.31. The maximum atomic E-state index is 11.3. The first kappa shape index (κ1) is 21.6. The van der Waals surface area contributed by atoms with Crippen LogP contribution in [0.4, 0.5) is 0 Å². The number of nitrogens with zero attached hydrogens (tertiary/aromatic N) is 1. The molecule has 2 aromatic carbocycles. The van der Waals surface area contributed by atoms with Gasteiger partial charge in [0.2, 0.25) is 0 Å². The molecule has 0 unspecified atom stereocenters. The fourth-order valence-corrected chi connectivity index (χ4v) is 4.30.